The van der Waals surface area contributed by atoms with Gasteiger partial charge < -0.3 is 5.32 Å². The minimum atomic E-state index is -0.208. The number of halogens is 1. The first kappa shape index (κ1) is 23.3. The fourth-order valence-corrected chi connectivity index (χ4v) is 4.09. The van der Waals surface area contributed by atoms with Gasteiger partial charge in [0.25, 0.3) is 0 Å². The van der Waals surface area contributed by atoms with E-state index in [0.29, 0.717) is 0 Å². The molecule has 0 atom stereocenters. The van der Waals surface area contributed by atoms with E-state index < -0.39 is 0 Å². The number of hydrogen-bond acceptors (Lipinski definition) is 3. The summed E-state index contributed by atoms with van der Waals surface area (Å²) in [5.41, 5.74) is 4.28. The fourth-order valence-electron chi connectivity index (χ4n) is 4.09. The first-order valence-electron chi connectivity index (χ1n) is 12.2. The van der Waals surface area contributed by atoms with Crippen LogP contribution in [0.1, 0.15) is 83.1 Å². The van der Waals surface area contributed by atoms with Crippen molar-refractivity contribution in [1.82, 2.24) is 0 Å². The van der Waals surface area contributed by atoms with Crippen molar-refractivity contribution in [3.05, 3.63) is 59.9 Å². The molecule has 1 N–H and O–H groups in total. The number of hydrogen-bond donors (Lipinski definition) is 1. The Hall–Kier alpha value is -2.36. The average Bonchev–Trinajstić information content (AvgIpc) is 3.29. The van der Waals surface area contributed by atoms with Crippen molar-refractivity contribution >= 4 is 17.1 Å². The van der Waals surface area contributed by atoms with E-state index in [2.05, 4.69) is 36.5 Å². The lowest BCUT2D eigenvalue weighted by Crippen LogP contribution is -2.11. The van der Waals surface area contributed by atoms with Crippen molar-refractivity contribution in [2.24, 2.45) is 5.10 Å². The van der Waals surface area contributed by atoms with Crippen LogP contribution >= 0.6 is 0 Å². The summed E-state index contributed by atoms with van der Waals surface area (Å²) < 4.78 is 13.1. The van der Waals surface area contributed by atoms with E-state index >= 15 is 0 Å². The molecular formula is C27H38FN3. The average molecular weight is 424 g/mol. The number of anilines is 2. The normalized spacial score (nSPS) is 13.5. The van der Waals surface area contributed by atoms with Gasteiger partial charge in [0, 0.05) is 25.2 Å². The Balaban J connectivity index is 1.31. The van der Waals surface area contributed by atoms with Gasteiger partial charge in [0.15, 0.2) is 0 Å². The Labute approximate surface area is 187 Å². The highest BCUT2D eigenvalue weighted by atomic mass is 19.1. The van der Waals surface area contributed by atoms with Crippen LogP contribution < -0.4 is 10.3 Å². The summed E-state index contributed by atoms with van der Waals surface area (Å²) in [7, 11) is 0. The minimum Gasteiger partial charge on any atom is -0.385 e. The second-order valence-corrected chi connectivity index (χ2v) is 8.58. The molecule has 0 amide bonds. The van der Waals surface area contributed by atoms with Gasteiger partial charge >= 0.3 is 0 Å². The van der Waals surface area contributed by atoms with Gasteiger partial charge in [0.05, 0.1) is 11.4 Å². The second kappa shape index (κ2) is 13.1. The Kier molecular flexibility index (Phi) is 9.88. The Morgan fingerprint density at radius 1 is 0.806 bits per heavy atom. The van der Waals surface area contributed by atoms with Gasteiger partial charge in [-0.2, -0.15) is 5.10 Å². The number of rotatable bonds is 14. The van der Waals surface area contributed by atoms with Gasteiger partial charge in [-0.15, -0.1) is 0 Å². The van der Waals surface area contributed by atoms with Crippen LogP contribution in [0.15, 0.2) is 53.6 Å². The third kappa shape index (κ3) is 8.01. The number of nitrogens with zero attached hydrogens (tertiary/aromatic N) is 2. The highest BCUT2D eigenvalue weighted by molar-refractivity contribution is 6.02. The molecule has 0 fully saturated rings. The van der Waals surface area contributed by atoms with E-state index in [9.17, 15) is 4.39 Å². The molecule has 0 unspecified atom stereocenters. The van der Waals surface area contributed by atoms with Crippen molar-refractivity contribution in [2.75, 3.05) is 23.4 Å². The molecule has 31 heavy (non-hydrogen) atoms. The first-order chi connectivity index (χ1) is 15.3. The molecular weight excluding hydrogens is 385 g/mol. The molecule has 0 aliphatic carbocycles. The van der Waals surface area contributed by atoms with E-state index in [0.717, 1.165) is 36.5 Å². The highest BCUT2D eigenvalue weighted by Crippen LogP contribution is 2.23. The first-order valence-corrected chi connectivity index (χ1v) is 12.2. The summed E-state index contributed by atoms with van der Waals surface area (Å²) in [5, 5.41) is 10.3. The maximum absolute atomic E-state index is 13.1. The summed E-state index contributed by atoms with van der Waals surface area (Å²) >= 11 is 0. The van der Waals surface area contributed by atoms with Crippen LogP contribution in [-0.2, 0) is 0 Å². The van der Waals surface area contributed by atoms with Crippen molar-refractivity contribution in [1.29, 1.82) is 0 Å². The Morgan fingerprint density at radius 3 is 2.06 bits per heavy atom. The predicted octanol–water partition coefficient (Wildman–Crippen LogP) is 7.77. The van der Waals surface area contributed by atoms with Crippen molar-refractivity contribution in [3.63, 3.8) is 0 Å². The van der Waals surface area contributed by atoms with Crippen molar-refractivity contribution in [3.8, 4) is 0 Å². The summed E-state index contributed by atoms with van der Waals surface area (Å²) in [4.78, 5) is 0. The molecule has 1 aliphatic heterocycles. The number of unbranched alkanes of at least 4 members (excludes halogenated alkanes) is 9. The maximum atomic E-state index is 13.1. The molecule has 4 heteroatoms. The van der Waals surface area contributed by atoms with Crippen LogP contribution in [-0.4, -0.2) is 18.8 Å². The van der Waals surface area contributed by atoms with Crippen LogP contribution in [0.3, 0.4) is 0 Å². The lowest BCUT2D eigenvalue weighted by atomic mass is 10.1. The number of nitrogens with one attached hydrogen (secondary N) is 1. The lowest BCUT2D eigenvalue weighted by Gasteiger charge is -2.14. The molecule has 1 heterocycles. The molecule has 3 nitrogen and oxygen atoms in total. The van der Waals surface area contributed by atoms with Gasteiger partial charge in [-0.05, 0) is 48.4 Å². The third-order valence-electron chi connectivity index (χ3n) is 6.00. The summed E-state index contributed by atoms with van der Waals surface area (Å²) in [6.07, 6.45) is 14.6. The summed E-state index contributed by atoms with van der Waals surface area (Å²) in [6.45, 7) is 4.17. The third-order valence-corrected chi connectivity index (χ3v) is 6.00. The second-order valence-electron chi connectivity index (χ2n) is 8.58. The topological polar surface area (TPSA) is 27.6 Å². The molecule has 0 aromatic heterocycles. The minimum absolute atomic E-state index is 0.208. The number of hydrazone groups is 1. The molecule has 0 saturated heterocycles. The molecule has 2 aromatic rings. The lowest BCUT2D eigenvalue weighted by molar-refractivity contribution is 0.560. The SMILES string of the molecule is CCCCCCCCCCCCNc1ccc(N2CCC(c3ccc(F)cc3)=N2)cc1. The van der Waals surface area contributed by atoms with Gasteiger partial charge in [0.2, 0.25) is 0 Å². The molecule has 0 radical (unpaired) electrons. The number of benzene rings is 2. The van der Waals surface area contributed by atoms with E-state index in [1.54, 1.807) is 12.1 Å². The molecule has 0 spiro atoms. The zero-order valence-electron chi connectivity index (χ0n) is 19.1. The summed E-state index contributed by atoms with van der Waals surface area (Å²) in [5.74, 6) is -0.208. The van der Waals surface area contributed by atoms with Crippen LogP contribution in [0.5, 0.6) is 0 Å². The van der Waals surface area contributed by atoms with Crippen molar-refractivity contribution in [2.45, 2.75) is 77.6 Å². The van der Waals surface area contributed by atoms with E-state index in [4.69, 9.17) is 5.10 Å². The molecule has 0 bridgehead atoms. The quantitative estimate of drug-likeness (QED) is 0.314. The van der Waals surface area contributed by atoms with Gasteiger partial charge in [-0.1, -0.05) is 76.8 Å². The van der Waals surface area contributed by atoms with Crippen LogP contribution in [0.4, 0.5) is 15.8 Å². The molecule has 3 rings (SSSR count). The van der Waals surface area contributed by atoms with Crippen LogP contribution in [0, 0.1) is 5.82 Å². The Bertz CT molecular complexity index is 783. The van der Waals surface area contributed by atoms with Crippen molar-refractivity contribution < 1.29 is 4.39 Å². The predicted molar refractivity (Wildman–Crippen MR) is 132 cm³/mol. The molecule has 1 aliphatic rings. The molecule has 168 valence electrons. The zero-order chi connectivity index (χ0) is 21.7. The Morgan fingerprint density at radius 2 is 1.42 bits per heavy atom. The largest absolute Gasteiger partial charge is 0.385 e. The van der Waals surface area contributed by atoms with Gasteiger partial charge in [0.1, 0.15) is 5.82 Å². The van der Waals surface area contributed by atoms with Crippen LogP contribution in [0.2, 0.25) is 0 Å². The zero-order valence-corrected chi connectivity index (χ0v) is 19.1. The standard InChI is InChI=1S/C27H38FN3/c1-2-3-4-5-6-7-8-9-10-11-21-29-25-16-18-26(19-17-25)31-22-20-27(30-31)23-12-14-24(28)15-13-23/h12-19,29H,2-11,20-22H2,1H3. The van der Waals surface area contributed by atoms with E-state index in [-0.39, 0.29) is 5.82 Å². The van der Waals surface area contributed by atoms with Gasteiger partial charge in [-0.25, -0.2) is 4.39 Å². The molecule has 0 saturated carbocycles. The maximum Gasteiger partial charge on any atom is 0.123 e. The van der Waals surface area contributed by atoms with E-state index in [1.807, 2.05) is 5.01 Å². The fraction of sp³-hybridized carbons (Fsp3) is 0.519. The van der Waals surface area contributed by atoms with E-state index in [1.165, 1.54) is 82.0 Å². The van der Waals surface area contributed by atoms with Crippen LogP contribution in [0.25, 0.3) is 0 Å². The highest BCUT2D eigenvalue weighted by Gasteiger charge is 2.17. The monoisotopic (exact) mass is 423 g/mol. The molecule has 2 aromatic carbocycles. The smallest absolute Gasteiger partial charge is 0.123 e. The van der Waals surface area contributed by atoms with Gasteiger partial charge in [-0.3, -0.25) is 5.01 Å². The summed E-state index contributed by atoms with van der Waals surface area (Å²) in [6, 6.07) is 15.1.